The van der Waals surface area contributed by atoms with Gasteiger partial charge in [0.15, 0.2) is 6.10 Å². The summed E-state index contributed by atoms with van der Waals surface area (Å²) in [6, 6.07) is 18.3. The van der Waals surface area contributed by atoms with Gasteiger partial charge in [0.1, 0.15) is 5.69 Å². The van der Waals surface area contributed by atoms with Crippen LogP contribution in [0, 0.1) is 10.1 Å². The highest BCUT2D eigenvalue weighted by Crippen LogP contribution is 2.24. The Labute approximate surface area is 154 Å². The Morgan fingerprint density at radius 3 is 2.44 bits per heavy atom. The number of nitro groups is 1. The zero-order valence-corrected chi connectivity index (χ0v) is 14.4. The first kappa shape index (κ1) is 18.1. The van der Waals surface area contributed by atoms with Crippen LogP contribution in [0.25, 0.3) is 10.8 Å². The maximum Gasteiger partial charge on any atom is 0.339 e. The second-order valence-corrected chi connectivity index (χ2v) is 5.84. The zero-order chi connectivity index (χ0) is 19.4. The molecule has 0 bridgehead atoms. The van der Waals surface area contributed by atoms with Crippen molar-refractivity contribution >= 4 is 34.0 Å². The second-order valence-electron chi connectivity index (χ2n) is 5.84. The predicted octanol–water partition coefficient (Wildman–Crippen LogP) is 3.93. The topological polar surface area (TPSA) is 98.5 Å². The Kier molecular flexibility index (Phi) is 5.12. The van der Waals surface area contributed by atoms with E-state index in [0.29, 0.717) is 5.56 Å². The zero-order valence-electron chi connectivity index (χ0n) is 14.4. The first-order valence-electron chi connectivity index (χ1n) is 8.20. The summed E-state index contributed by atoms with van der Waals surface area (Å²) in [6.45, 7) is 1.41. The molecule has 3 aromatic carbocycles. The Bertz CT molecular complexity index is 1030. The molecule has 7 heteroatoms. The Balaban J connectivity index is 1.75. The summed E-state index contributed by atoms with van der Waals surface area (Å²) in [5.41, 5.74) is 0.150. The standard InChI is InChI=1S/C20H16N2O5/c1-13(19(23)21-17-11-4-5-12-18(17)22(25)26)27-20(24)16-10-6-8-14-7-2-3-9-15(14)16/h2-13H,1H3,(H,21,23)/t13-/m1/s1. The molecule has 3 rings (SSSR count). The molecule has 1 amide bonds. The van der Waals surface area contributed by atoms with Crippen LogP contribution in [0.3, 0.4) is 0 Å². The number of ether oxygens (including phenoxy) is 1. The monoisotopic (exact) mass is 364 g/mol. The van der Waals surface area contributed by atoms with E-state index in [1.54, 1.807) is 24.3 Å². The van der Waals surface area contributed by atoms with Crippen LogP contribution in [-0.2, 0) is 9.53 Å². The fourth-order valence-electron chi connectivity index (χ4n) is 2.65. The minimum absolute atomic E-state index is 0.0422. The number of fused-ring (bicyclic) bond motifs is 1. The van der Waals surface area contributed by atoms with Gasteiger partial charge in [-0.3, -0.25) is 14.9 Å². The van der Waals surface area contributed by atoms with Crippen LogP contribution >= 0.6 is 0 Å². The third-order valence-corrected chi connectivity index (χ3v) is 4.02. The summed E-state index contributed by atoms with van der Waals surface area (Å²) in [4.78, 5) is 35.2. The van der Waals surface area contributed by atoms with Gasteiger partial charge in [-0.2, -0.15) is 0 Å². The smallest absolute Gasteiger partial charge is 0.339 e. The number of anilines is 1. The van der Waals surface area contributed by atoms with E-state index in [1.807, 2.05) is 24.3 Å². The van der Waals surface area contributed by atoms with E-state index in [2.05, 4.69) is 5.32 Å². The Morgan fingerprint density at radius 1 is 1.00 bits per heavy atom. The Morgan fingerprint density at radius 2 is 1.67 bits per heavy atom. The van der Waals surface area contributed by atoms with Gasteiger partial charge in [0.05, 0.1) is 10.5 Å². The Hall–Kier alpha value is -3.74. The molecule has 0 aromatic heterocycles. The van der Waals surface area contributed by atoms with Gasteiger partial charge < -0.3 is 10.1 Å². The summed E-state index contributed by atoms with van der Waals surface area (Å²) in [5, 5.41) is 15.1. The summed E-state index contributed by atoms with van der Waals surface area (Å²) in [6.07, 6.45) is -1.13. The third kappa shape index (κ3) is 3.92. The van der Waals surface area contributed by atoms with Gasteiger partial charge in [0, 0.05) is 6.07 Å². The van der Waals surface area contributed by atoms with Crippen molar-refractivity contribution in [1.29, 1.82) is 0 Å². The fraction of sp³-hybridized carbons (Fsp3) is 0.100. The van der Waals surface area contributed by atoms with Gasteiger partial charge >= 0.3 is 5.97 Å². The van der Waals surface area contributed by atoms with Crippen molar-refractivity contribution in [2.75, 3.05) is 5.32 Å². The summed E-state index contributed by atoms with van der Waals surface area (Å²) in [5.74, 6) is -1.30. The number of esters is 1. The highest BCUT2D eigenvalue weighted by atomic mass is 16.6. The molecule has 0 saturated heterocycles. The second kappa shape index (κ2) is 7.65. The molecule has 1 N–H and O–H groups in total. The van der Waals surface area contributed by atoms with Crippen LogP contribution < -0.4 is 5.32 Å². The van der Waals surface area contributed by atoms with Crippen LogP contribution in [-0.4, -0.2) is 22.9 Å². The lowest BCUT2D eigenvalue weighted by atomic mass is 10.0. The van der Waals surface area contributed by atoms with E-state index in [0.717, 1.165) is 10.8 Å². The van der Waals surface area contributed by atoms with Crippen molar-refractivity contribution in [1.82, 2.24) is 0 Å². The normalized spacial score (nSPS) is 11.6. The molecule has 136 valence electrons. The molecule has 3 aromatic rings. The summed E-state index contributed by atoms with van der Waals surface area (Å²) in [7, 11) is 0. The molecule has 1 atom stereocenters. The van der Waals surface area contributed by atoms with E-state index in [9.17, 15) is 19.7 Å². The number of nitrogens with one attached hydrogen (secondary N) is 1. The first-order chi connectivity index (χ1) is 13.0. The molecule has 0 aliphatic rings. The molecule has 0 saturated carbocycles. The number of carbonyl (C=O) groups is 2. The van der Waals surface area contributed by atoms with Crippen molar-refractivity contribution in [3.8, 4) is 0 Å². The fourth-order valence-corrected chi connectivity index (χ4v) is 2.65. The molecule has 27 heavy (non-hydrogen) atoms. The number of carbonyl (C=O) groups excluding carboxylic acids is 2. The average Bonchev–Trinajstić information content (AvgIpc) is 2.67. The quantitative estimate of drug-likeness (QED) is 0.420. The van der Waals surface area contributed by atoms with E-state index in [1.165, 1.54) is 25.1 Å². The number of nitro benzene ring substituents is 1. The van der Waals surface area contributed by atoms with Crippen molar-refractivity contribution in [2.24, 2.45) is 0 Å². The molecule has 0 heterocycles. The van der Waals surface area contributed by atoms with Crippen molar-refractivity contribution in [2.45, 2.75) is 13.0 Å². The van der Waals surface area contributed by atoms with Crippen LogP contribution in [0.1, 0.15) is 17.3 Å². The number of rotatable bonds is 5. The van der Waals surface area contributed by atoms with E-state index in [-0.39, 0.29) is 11.4 Å². The number of amides is 1. The molecule has 0 fully saturated rings. The minimum Gasteiger partial charge on any atom is -0.449 e. The number of nitrogens with zero attached hydrogens (tertiary/aromatic N) is 1. The first-order valence-corrected chi connectivity index (χ1v) is 8.20. The number of para-hydroxylation sites is 2. The third-order valence-electron chi connectivity index (χ3n) is 4.02. The van der Waals surface area contributed by atoms with Crippen molar-refractivity contribution in [3.63, 3.8) is 0 Å². The summed E-state index contributed by atoms with van der Waals surface area (Å²) < 4.78 is 5.26. The SMILES string of the molecule is C[C@@H](OC(=O)c1cccc2ccccc12)C(=O)Nc1ccccc1[N+](=O)[O-]. The minimum atomic E-state index is -1.13. The lowest BCUT2D eigenvalue weighted by Gasteiger charge is -2.14. The van der Waals surface area contributed by atoms with Gasteiger partial charge in [-0.15, -0.1) is 0 Å². The lowest BCUT2D eigenvalue weighted by Crippen LogP contribution is -2.30. The van der Waals surface area contributed by atoms with Gasteiger partial charge in [0.2, 0.25) is 0 Å². The lowest BCUT2D eigenvalue weighted by molar-refractivity contribution is -0.383. The van der Waals surface area contributed by atoms with Gasteiger partial charge in [-0.25, -0.2) is 4.79 Å². The predicted molar refractivity (Wildman–Crippen MR) is 101 cm³/mol. The van der Waals surface area contributed by atoms with Gasteiger partial charge in [-0.1, -0.05) is 48.5 Å². The van der Waals surface area contributed by atoms with E-state index >= 15 is 0 Å². The van der Waals surface area contributed by atoms with Gasteiger partial charge in [-0.05, 0) is 29.8 Å². The van der Waals surface area contributed by atoms with Crippen LogP contribution in [0.5, 0.6) is 0 Å². The molecule has 0 radical (unpaired) electrons. The van der Waals surface area contributed by atoms with Crippen LogP contribution in [0.2, 0.25) is 0 Å². The molecule has 0 aliphatic heterocycles. The summed E-state index contributed by atoms with van der Waals surface area (Å²) >= 11 is 0. The molecule has 7 nitrogen and oxygen atoms in total. The highest BCUT2D eigenvalue weighted by Gasteiger charge is 2.22. The molecule has 0 aliphatic carbocycles. The number of benzene rings is 3. The molecule has 0 spiro atoms. The molecular formula is C20H16N2O5. The maximum atomic E-state index is 12.5. The number of hydrogen-bond donors (Lipinski definition) is 1. The molecular weight excluding hydrogens is 348 g/mol. The number of hydrogen-bond acceptors (Lipinski definition) is 5. The average molecular weight is 364 g/mol. The maximum absolute atomic E-state index is 12.5. The van der Waals surface area contributed by atoms with E-state index < -0.39 is 22.9 Å². The van der Waals surface area contributed by atoms with Gasteiger partial charge in [0.25, 0.3) is 11.6 Å². The van der Waals surface area contributed by atoms with Crippen LogP contribution in [0.15, 0.2) is 66.7 Å². The molecule has 0 unspecified atom stereocenters. The van der Waals surface area contributed by atoms with E-state index in [4.69, 9.17) is 4.74 Å². The van der Waals surface area contributed by atoms with Crippen LogP contribution in [0.4, 0.5) is 11.4 Å². The largest absolute Gasteiger partial charge is 0.449 e. The van der Waals surface area contributed by atoms with Crippen molar-refractivity contribution < 1.29 is 19.2 Å². The highest BCUT2D eigenvalue weighted by molar-refractivity contribution is 6.05. The van der Waals surface area contributed by atoms with Crippen molar-refractivity contribution in [3.05, 3.63) is 82.4 Å².